The molecule has 0 bridgehead atoms. The van der Waals surface area contributed by atoms with Gasteiger partial charge in [-0.05, 0) is 17.9 Å². The highest BCUT2D eigenvalue weighted by molar-refractivity contribution is 7.09. The number of nitrogens with zero attached hydrogens (tertiary/aromatic N) is 4. The molecular weight excluding hydrogens is 270 g/mol. The van der Waals surface area contributed by atoms with Crippen molar-refractivity contribution in [3.8, 4) is 0 Å². The molecule has 5 nitrogen and oxygen atoms in total. The van der Waals surface area contributed by atoms with Crippen molar-refractivity contribution in [3.63, 3.8) is 0 Å². The summed E-state index contributed by atoms with van der Waals surface area (Å²) in [6.07, 6.45) is 4.68. The zero-order valence-electron chi connectivity index (χ0n) is 11.6. The van der Waals surface area contributed by atoms with Crippen LogP contribution < -0.4 is 5.32 Å². The Morgan fingerprint density at radius 2 is 2.25 bits per heavy atom. The van der Waals surface area contributed by atoms with Crippen LogP contribution in [0.25, 0.3) is 5.65 Å². The second-order valence-corrected chi connectivity index (χ2v) is 5.66. The lowest BCUT2D eigenvalue weighted by Gasteiger charge is -2.06. The van der Waals surface area contributed by atoms with Crippen molar-refractivity contribution in [2.45, 2.75) is 26.2 Å². The first kappa shape index (κ1) is 13.1. The molecule has 0 radical (unpaired) electrons. The summed E-state index contributed by atoms with van der Waals surface area (Å²) in [7, 11) is 1.86. The van der Waals surface area contributed by atoms with E-state index in [4.69, 9.17) is 0 Å². The summed E-state index contributed by atoms with van der Waals surface area (Å²) in [6.45, 7) is 2.13. The van der Waals surface area contributed by atoms with Gasteiger partial charge in [0.15, 0.2) is 5.65 Å². The first-order chi connectivity index (χ1) is 9.81. The van der Waals surface area contributed by atoms with Gasteiger partial charge in [0.05, 0.1) is 6.20 Å². The minimum Gasteiger partial charge on any atom is -0.357 e. The van der Waals surface area contributed by atoms with Crippen molar-refractivity contribution in [1.29, 1.82) is 0 Å². The maximum absolute atomic E-state index is 4.67. The SMILES string of the molecule is CCCc1nc(NC)n2ncc(Cc3cccs3)c2n1. The minimum atomic E-state index is 0.746. The highest BCUT2D eigenvalue weighted by Crippen LogP contribution is 2.19. The molecule has 3 rings (SSSR count). The Hall–Kier alpha value is -1.95. The maximum Gasteiger partial charge on any atom is 0.227 e. The third-order valence-electron chi connectivity index (χ3n) is 3.13. The fourth-order valence-electron chi connectivity index (χ4n) is 2.19. The average molecular weight is 287 g/mol. The monoisotopic (exact) mass is 287 g/mol. The number of aromatic nitrogens is 4. The first-order valence-electron chi connectivity index (χ1n) is 6.75. The van der Waals surface area contributed by atoms with Crippen molar-refractivity contribution < 1.29 is 0 Å². The Kier molecular flexibility index (Phi) is 3.64. The summed E-state index contributed by atoms with van der Waals surface area (Å²) < 4.78 is 1.78. The second kappa shape index (κ2) is 5.58. The van der Waals surface area contributed by atoms with Gasteiger partial charge in [-0.2, -0.15) is 14.6 Å². The van der Waals surface area contributed by atoms with Crippen LogP contribution >= 0.6 is 11.3 Å². The molecule has 1 N–H and O–H groups in total. The molecular formula is C14H17N5S. The zero-order chi connectivity index (χ0) is 13.9. The Morgan fingerprint density at radius 3 is 2.95 bits per heavy atom. The third kappa shape index (κ3) is 2.38. The summed E-state index contributed by atoms with van der Waals surface area (Å²) in [5.74, 6) is 1.62. The summed E-state index contributed by atoms with van der Waals surface area (Å²) in [5, 5.41) is 9.59. The molecule has 104 valence electrons. The molecule has 20 heavy (non-hydrogen) atoms. The number of anilines is 1. The van der Waals surface area contributed by atoms with Gasteiger partial charge in [-0.25, -0.2) is 4.98 Å². The largest absolute Gasteiger partial charge is 0.357 e. The molecule has 0 atom stereocenters. The number of hydrogen-bond donors (Lipinski definition) is 1. The van der Waals surface area contributed by atoms with Gasteiger partial charge < -0.3 is 5.32 Å². The Balaban J connectivity index is 2.06. The van der Waals surface area contributed by atoms with Crippen molar-refractivity contribution in [1.82, 2.24) is 19.6 Å². The molecule has 6 heteroatoms. The zero-order valence-corrected chi connectivity index (χ0v) is 12.4. The molecule has 0 aromatic carbocycles. The van der Waals surface area contributed by atoms with E-state index in [0.717, 1.165) is 42.2 Å². The van der Waals surface area contributed by atoms with Gasteiger partial charge >= 0.3 is 0 Å². The standard InChI is InChI=1S/C14H17N5S/c1-3-5-12-17-13-10(8-11-6-4-7-20-11)9-16-19(13)14(15-2)18-12/h4,6-7,9H,3,5,8H2,1-2H3,(H,15,17,18). The molecule has 3 aromatic rings. The van der Waals surface area contributed by atoms with Crippen molar-refractivity contribution in [2.75, 3.05) is 12.4 Å². The van der Waals surface area contributed by atoms with Crippen LogP contribution in [0.5, 0.6) is 0 Å². The van der Waals surface area contributed by atoms with E-state index < -0.39 is 0 Å². The molecule has 0 aliphatic carbocycles. The number of nitrogens with one attached hydrogen (secondary N) is 1. The Labute approximate surface area is 121 Å². The molecule has 0 amide bonds. The van der Waals surface area contributed by atoms with E-state index in [1.54, 1.807) is 15.9 Å². The smallest absolute Gasteiger partial charge is 0.227 e. The number of rotatable bonds is 5. The van der Waals surface area contributed by atoms with Crippen LogP contribution in [0.4, 0.5) is 5.95 Å². The molecule has 0 unspecified atom stereocenters. The molecule has 0 fully saturated rings. The van der Waals surface area contributed by atoms with E-state index in [-0.39, 0.29) is 0 Å². The maximum atomic E-state index is 4.67. The van der Waals surface area contributed by atoms with E-state index in [9.17, 15) is 0 Å². The van der Waals surface area contributed by atoms with Crippen LogP contribution in [-0.2, 0) is 12.8 Å². The number of thiophene rings is 1. The van der Waals surface area contributed by atoms with Crippen molar-refractivity contribution >= 4 is 22.9 Å². The highest BCUT2D eigenvalue weighted by atomic mass is 32.1. The van der Waals surface area contributed by atoms with Gasteiger partial charge in [0.25, 0.3) is 0 Å². The van der Waals surface area contributed by atoms with Gasteiger partial charge in [0.2, 0.25) is 5.95 Å². The summed E-state index contributed by atoms with van der Waals surface area (Å²) in [6, 6.07) is 4.21. The predicted molar refractivity (Wildman–Crippen MR) is 81.4 cm³/mol. The Bertz CT molecular complexity index is 702. The van der Waals surface area contributed by atoms with Crippen molar-refractivity contribution in [2.24, 2.45) is 0 Å². The molecule has 0 aliphatic heterocycles. The third-order valence-corrected chi connectivity index (χ3v) is 4.01. The topological polar surface area (TPSA) is 55.1 Å². The first-order valence-corrected chi connectivity index (χ1v) is 7.63. The van der Waals surface area contributed by atoms with Gasteiger partial charge in [-0.15, -0.1) is 11.3 Å². The van der Waals surface area contributed by atoms with E-state index in [0.29, 0.717) is 0 Å². The van der Waals surface area contributed by atoms with Crippen LogP contribution in [0.3, 0.4) is 0 Å². The van der Waals surface area contributed by atoms with E-state index >= 15 is 0 Å². The second-order valence-electron chi connectivity index (χ2n) is 4.62. The van der Waals surface area contributed by atoms with Crippen LogP contribution in [-0.4, -0.2) is 26.6 Å². The number of aryl methyl sites for hydroxylation is 1. The lowest BCUT2D eigenvalue weighted by molar-refractivity contribution is 0.800. The summed E-state index contributed by atoms with van der Waals surface area (Å²) in [4.78, 5) is 10.5. The minimum absolute atomic E-state index is 0.746. The molecule has 0 saturated heterocycles. The predicted octanol–water partition coefficient (Wildman–Crippen LogP) is 2.77. The van der Waals surface area contributed by atoms with Crippen LogP contribution in [0.2, 0.25) is 0 Å². The lowest BCUT2D eigenvalue weighted by Crippen LogP contribution is -2.08. The van der Waals surface area contributed by atoms with Crippen LogP contribution in [0, 0.1) is 0 Å². The number of fused-ring (bicyclic) bond motifs is 1. The van der Waals surface area contributed by atoms with E-state index in [1.807, 2.05) is 13.2 Å². The van der Waals surface area contributed by atoms with Gasteiger partial charge in [-0.3, -0.25) is 0 Å². The quantitative estimate of drug-likeness (QED) is 0.784. The summed E-state index contributed by atoms with van der Waals surface area (Å²) >= 11 is 1.76. The highest BCUT2D eigenvalue weighted by Gasteiger charge is 2.12. The molecule has 0 aliphatic rings. The molecule has 3 heterocycles. The van der Waals surface area contributed by atoms with Gasteiger partial charge in [0, 0.05) is 30.3 Å². The van der Waals surface area contributed by atoms with E-state index in [2.05, 4.69) is 44.8 Å². The van der Waals surface area contributed by atoms with Gasteiger partial charge in [-0.1, -0.05) is 13.0 Å². The molecule has 0 spiro atoms. The van der Waals surface area contributed by atoms with Crippen molar-refractivity contribution in [3.05, 3.63) is 40.0 Å². The van der Waals surface area contributed by atoms with Gasteiger partial charge in [0.1, 0.15) is 5.82 Å². The summed E-state index contributed by atoms with van der Waals surface area (Å²) in [5.41, 5.74) is 2.05. The van der Waals surface area contributed by atoms with Crippen LogP contribution in [0.1, 0.15) is 29.6 Å². The fraction of sp³-hybridized carbons (Fsp3) is 0.357. The van der Waals surface area contributed by atoms with E-state index in [1.165, 1.54) is 4.88 Å². The normalized spacial score (nSPS) is 11.1. The average Bonchev–Trinajstić information content (AvgIpc) is 3.09. The number of hydrogen-bond acceptors (Lipinski definition) is 5. The van der Waals surface area contributed by atoms with Crippen LogP contribution in [0.15, 0.2) is 23.7 Å². The molecule has 0 saturated carbocycles. The molecule has 3 aromatic heterocycles. The Morgan fingerprint density at radius 1 is 1.35 bits per heavy atom. The fourth-order valence-corrected chi connectivity index (χ4v) is 2.92. The lowest BCUT2D eigenvalue weighted by atomic mass is 10.2.